The number of pyridine rings is 1. The van der Waals surface area contributed by atoms with E-state index in [4.69, 9.17) is 18.0 Å². The third-order valence-electron chi connectivity index (χ3n) is 4.09. The highest BCUT2D eigenvalue weighted by atomic mass is 32.1. The van der Waals surface area contributed by atoms with Crippen molar-refractivity contribution in [2.75, 3.05) is 0 Å². The molecule has 0 saturated heterocycles. The molecule has 1 aromatic carbocycles. The molecule has 1 saturated carbocycles. The van der Waals surface area contributed by atoms with Crippen LogP contribution >= 0.6 is 12.2 Å². The Balaban J connectivity index is 1.86. The number of rotatable bonds is 3. The smallest absolute Gasteiger partial charge is 0.252 e. The van der Waals surface area contributed by atoms with Gasteiger partial charge in [0.15, 0.2) is 0 Å². The number of fused-ring (bicyclic) bond motifs is 1. The number of carbonyl (C=O) groups is 1. The fraction of sp³-hybridized carbons (Fsp3) is 0.312. The maximum absolute atomic E-state index is 12.6. The SMILES string of the molecule is NC(=S)C1CCCC1NC(=O)c1cccc2ncccc12. The Morgan fingerprint density at radius 3 is 2.95 bits per heavy atom. The number of hydrogen-bond donors (Lipinski definition) is 2. The van der Waals surface area contributed by atoms with Crippen LogP contribution in [-0.2, 0) is 0 Å². The predicted molar refractivity (Wildman–Crippen MR) is 87.1 cm³/mol. The molecule has 1 aromatic heterocycles. The van der Waals surface area contributed by atoms with E-state index in [1.54, 1.807) is 6.20 Å². The summed E-state index contributed by atoms with van der Waals surface area (Å²) < 4.78 is 0. The summed E-state index contributed by atoms with van der Waals surface area (Å²) in [5.41, 5.74) is 7.23. The number of nitrogens with zero attached hydrogens (tertiary/aromatic N) is 1. The second-order valence-electron chi connectivity index (χ2n) is 5.40. The van der Waals surface area contributed by atoms with Gasteiger partial charge in [0.05, 0.1) is 10.5 Å². The first-order chi connectivity index (χ1) is 10.2. The average molecular weight is 299 g/mol. The van der Waals surface area contributed by atoms with E-state index in [1.807, 2.05) is 30.3 Å². The molecule has 1 heterocycles. The quantitative estimate of drug-likeness (QED) is 0.854. The lowest BCUT2D eigenvalue weighted by molar-refractivity contribution is 0.0935. The third kappa shape index (κ3) is 2.74. The van der Waals surface area contributed by atoms with E-state index in [-0.39, 0.29) is 17.9 Å². The molecular formula is C16H17N3OS. The van der Waals surface area contributed by atoms with Gasteiger partial charge in [-0.1, -0.05) is 30.8 Å². The van der Waals surface area contributed by atoms with Crippen LogP contribution < -0.4 is 11.1 Å². The van der Waals surface area contributed by atoms with Gasteiger partial charge in [0.25, 0.3) is 5.91 Å². The van der Waals surface area contributed by atoms with E-state index in [9.17, 15) is 4.79 Å². The number of hydrogen-bond acceptors (Lipinski definition) is 3. The fourth-order valence-electron chi connectivity index (χ4n) is 3.02. The van der Waals surface area contributed by atoms with Crippen LogP contribution in [0, 0.1) is 5.92 Å². The van der Waals surface area contributed by atoms with E-state index in [0.29, 0.717) is 10.6 Å². The highest BCUT2D eigenvalue weighted by Gasteiger charge is 2.30. The fourth-order valence-corrected chi connectivity index (χ4v) is 3.30. The Hall–Kier alpha value is -2.01. The molecular weight excluding hydrogens is 282 g/mol. The lowest BCUT2D eigenvalue weighted by Crippen LogP contribution is -2.41. The van der Waals surface area contributed by atoms with Gasteiger partial charge in [0.2, 0.25) is 0 Å². The molecule has 2 unspecified atom stereocenters. The number of thiocarbonyl (C=S) groups is 1. The highest BCUT2D eigenvalue weighted by molar-refractivity contribution is 7.80. The monoisotopic (exact) mass is 299 g/mol. The lowest BCUT2D eigenvalue weighted by Gasteiger charge is -2.20. The van der Waals surface area contributed by atoms with Gasteiger partial charge < -0.3 is 11.1 Å². The largest absolute Gasteiger partial charge is 0.393 e. The van der Waals surface area contributed by atoms with Gasteiger partial charge in [-0.05, 0) is 31.0 Å². The summed E-state index contributed by atoms with van der Waals surface area (Å²) in [7, 11) is 0. The van der Waals surface area contributed by atoms with Crippen molar-refractivity contribution in [2.24, 2.45) is 11.7 Å². The maximum Gasteiger partial charge on any atom is 0.252 e. The first-order valence-electron chi connectivity index (χ1n) is 7.11. The molecule has 0 bridgehead atoms. The number of carbonyl (C=O) groups excluding carboxylic acids is 1. The summed E-state index contributed by atoms with van der Waals surface area (Å²) in [4.78, 5) is 17.3. The van der Waals surface area contributed by atoms with Gasteiger partial charge in [-0.15, -0.1) is 0 Å². The Bertz CT molecular complexity index is 695. The normalized spacial score (nSPS) is 21.3. The van der Waals surface area contributed by atoms with E-state index >= 15 is 0 Å². The van der Waals surface area contributed by atoms with Gasteiger partial charge in [-0.25, -0.2) is 0 Å². The number of aromatic nitrogens is 1. The van der Waals surface area contributed by atoms with E-state index < -0.39 is 0 Å². The van der Waals surface area contributed by atoms with Crippen LogP contribution in [0.2, 0.25) is 0 Å². The van der Waals surface area contributed by atoms with Crippen molar-refractivity contribution in [3.8, 4) is 0 Å². The van der Waals surface area contributed by atoms with Gasteiger partial charge >= 0.3 is 0 Å². The van der Waals surface area contributed by atoms with E-state index in [2.05, 4.69) is 10.3 Å². The summed E-state index contributed by atoms with van der Waals surface area (Å²) in [5.74, 6) is 0.0267. The van der Waals surface area contributed by atoms with Crippen LogP contribution in [0.15, 0.2) is 36.5 Å². The van der Waals surface area contributed by atoms with Crippen LogP contribution in [-0.4, -0.2) is 21.9 Å². The zero-order valence-corrected chi connectivity index (χ0v) is 12.4. The number of nitrogens with one attached hydrogen (secondary N) is 1. The van der Waals surface area contributed by atoms with Crippen molar-refractivity contribution in [1.82, 2.24) is 10.3 Å². The van der Waals surface area contributed by atoms with Crippen LogP contribution in [0.4, 0.5) is 0 Å². The van der Waals surface area contributed by atoms with E-state index in [1.165, 1.54) is 0 Å². The number of amides is 1. The zero-order chi connectivity index (χ0) is 14.8. The molecule has 0 radical (unpaired) electrons. The molecule has 1 amide bonds. The van der Waals surface area contributed by atoms with Crippen LogP contribution in [0.25, 0.3) is 10.9 Å². The van der Waals surface area contributed by atoms with Crippen molar-refractivity contribution < 1.29 is 4.79 Å². The summed E-state index contributed by atoms with van der Waals surface area (Å²) in [5, 5.41) is 3.95. The molecule has 3 N–H and O–H groups in total. The molecule has 5 heteroatoms. The van der Waals surface area contributed by atoms with Crippen molar-refractivity contribution >= 4 is 34.0 Å². The molecule has 3 rings (SSSR count). The Morgan fingerprint density at radius 2 is 2.14 bits per heavy atom. The van der Waals surface area contributed by atoms with Crippen LogP contribution in [0.3, 0.4) is 0 Å². The molecule has 2 atom stereocenters. The summed E-state index contributed by atoms with van der Waals surface area (Å²) in [6.45, 7) is 0. The molecule has 0 aliphatic heterocycles. The van der Waals surface area contributed by atoms with Crippen LogP contribution in [0.1, 0.15) is 29.6 Å². The van der Waals surface area contributed by atoms with Crippen molar-refractivity contribution in [3.05, 3.63) is 42.1 Å². The standard InChI is InChI=1S/C16H17N3OS/c17-15(21)12-5-2-8-14(12)19-16(20)11-4-1-7-13-10(11)6-3-9-18-13/h1,3-4,6-7,9,12,14H,2,5,8H2,(H2,17,21)(H,19,20). The first kappa shape index (κ1) is 13.9. The Kier molecular flexibility index (Phi) is 3.84. The van der Waals surface area contributed by atoms with Gasteiger partial charge in [0.1, 0.15) is 0 Å². The second-order valence-corrected chi connectivity index (χ2v) is 5.87. The minimum atomic E-state index is -0.0817. The lowest BCUT2D eigenvalue weighted by atomic mass is 10.0. The van der Waals surface area contributed by atoms with Crippen molar-refractivity contribution in [2.45, 2.75) is 25.3 Å². The minimum absolute atomic E-state index is 0.0435. The number of benzene rings is 1. The third-order valence-corrected chi connectivity index (χ3v) is 4.39. The minimum Gasteiger partial charge on any atom is -0.393 e. The molecule has 0 spiro atoms. The summed E-state index contributed by atoms with van der Waals surface area (Å²) >= 11 is 5.10. The molecule has 2 aromatic rings. The molecule has 21 heavy (non-hydrogen) atoms. The maximum atomic E-state index is 12.6. The van der Waals surface area contributed by atoms with Crippen molar-refractivity contribution in [3.63, 3.8) is 0 Å². The Labute approximate surface area is 128 Å². The zero-order valence-electron chi connectivity index (χ0n) is 11.6. The van der Waals surface area contributed by atoms with Gasteiger partial charge in [-0.3, -0.25) is 9.78 Å². The topological polar surface area (TPSA) is 68.0 Å². The average Bonchev–Trinajstić information content (AvgIpc) is 2.95. The molecule has 108 valence electrons. The summed E-state index contributed by atoms with van der Waals surface area (Å²) in [6, 6.07) is 9.37. The van der Waals surface area contributed by atoms with Crippen molar-refractivity contribution in [1.29, 1.82) is 0 Å². The predicted octanol–water partition coefficient (Wildman–Crippen LogP) is 2.42. The Morgan fingerprint density at radius 1 is 1.29 bits per heavy atom. The first-order valence-corrected chi connectivity index (χ1v) is 7.51. The summed E-state index contributed by atoms with van der Waals surface area (Å²) in [6.07, 6.45) is 4.65. The molecule has 1 aliphatic carbocycles. The molecule has 1 fully saturated rings. The number of nitrogens with two attached hydrogens (primary N) is 1. The van der Waals surface area contributed by atoms with Gasteiger partial charge in [-0.2, -0.15) is 0 Å². The molecule has 4 nitrogen and oxygen atoms in total. The molecule has 1 aliphatic rings. The van der Waals surface area contributed by atoms with Crippen LogP contribution in [0.5, 0.6) is 0 Å². The highest BCUT2D eigenvalue weighted by Crippen LogP contribution is 2.26. The second kappa shape index (κ2) is 5.77. The van der Waals surface area contributed by atoms with Gasteiger partial charge in [0, 0.05) is 29.1 Å². The van der Waals surface area contributed by atoms with E-state index in [0.717, 1.165) is 30.2 Å².